The van der Waals surface area contributed by atoms with Crippen molar-refractivity contribution < 1.29 is 9.53 Å². The summed E-state index contributed by atoms with van der Waals surface area (Å²) in [6.07, 6.45) is 0. The van der Waals surface area contributed by atoms with Crippen molar-refractivity contribution in [2.45, 2.75) is 34.2 Å². The quantitative estimate of drug-likeness (QED) is 0.275. The first-order chi connectivity index (χ1) is 11.8. The van der Waals surface area contributed by atoms with Crippen LogP contribution in [0.2, 0.25) is 0 Å². The van der Waals surface area contributed by atoms with Crippen molar-refractivity contribution in [3.63, 3.8) is 0 Å². The molecule has 0 aliphatic carbocycles. The van der Waals surface area contributed by atoms with Crippen LogP contribution in [-0.4, -0.2) is 50.6 Å². The van der Waals surface area contributed by atoms with Crippen molar-refractivity contribution >= 4 is 35.8 Å². The van der Waals surface area contributed by atoms with E-state index in [1.165, 1.54) is 5.56 Å². The Hall–Kier alpha value is -1.51. The maximum Gasteiger partial charge on any atom is 0.225 e. The summed E-state index contributed by atoms with van der Waals surface area (Å²) < 4.78 is 5.18. The molecule has 0 aliphatic rings. The molecule has 0 spiro atoms. The Morgan fingerprint density at radius 1 is 1.19 bits per heavy atom. The molecule has 0 saturated carbocycles. The summed E-state index contributed by atoms with van der Waals surface area (Å²) in [6, 6.07) is 8.00. The Bertz CT molecular complexity index is 568. The monoisotopic (exact) mass is 476 g/mol. The first kappa shape index (κ1) is 24.5. The molecule has 1 amide bonds. The van der Waals surface area contributed by atoms with E-state index in [0.29, 0.717) is 13.1 Å². The number of nitrogens with one attached hydrogen (secondary N) is 2. The average molecular weight is 476 g/mol. The second-order valence-electron chi connectivity index (χ2n) is 6.95. The Labute approximate surface area is 174 Å². The number of carbonyl (C=O) groups is 1. The van der Waals surface area contributed by atoms with Crippen molar-refractivity contribution in [3.8, 4) is 5.75 Å². The van der Waals surface area contributed by atoms with Crippen LogP contribution in [0.5, 0.6) is 5.75 Å². The Morgan fingerprint density at radius 2 is 1.81 bits per heavy atom. The number of guanidine groups is 1. The molecule has 0 aliphatic heterocycles. The fourth-order valence-corrected chi connectivity index (χ4v) is 2.15. The number of nitrogens with zero attached hydrogens (tertiary/aromatic N) is 2. The predicted molar refractivity (Wildman–Crippen MR) is 118 cm³/mol. The molecule has 1 aromatic carbocycles. The predicted octanol–water partition coefficient (Wildman–Crippen LogP) is 2.87. The van der Waals surface area contributed by atoms with Gasteiger partial charge in [0.2, 0.25) is 5.91 Å². The summed E-state index contributed by atoms with van der Waals surface area (Å²) in [6.45, 7) is 10.3. The van der Waals surface area contributed by atoms with Gasteiger partial charge in [-0.25, -0.2) is 0 Å². The van der Waals surface area contributed by atoms with Crippen LogP contribution in [0.15, 0.2) is 29.3 Å². The topological polar surface area (TPSA) is 66.0 Å². The number of ether oxygens (including phenoxy) is 1. The zero-order valence-electron chi connectivity index (χ0n) is 16.8. The lowest BCUT2D eigenvalue weighted by Crippen LogP contribution is -2.40. The van der Waals surface area contributed by atoms with E-state index in [1.54, 1.807) is 7.11 Å². The molecule has 7 heteroatoms. The molecule has 0 unspecified atom stereocenters. The van der Waals surface area contributed by atoms with Gasteiger partial charge in [-0.3, -0.25) is 9.79 Å². The normalized spacial score (nSPS) is 11.4. The molecule has 0 saturated heterocycles. The number of aliphatic imine (C=N–C) groups is 1. The lowest BCUT2D eigenvalue weighted by atomic mass is 9.96. The molecule has 0 heterocycles. The van der Waals surface area contributed by atoms with Crippen LogP contribution in [0.25, 0.3) is 0 Å². The van der Waals surface area contributed by atoms with Crippen molar-refractivity contribution in [2.75, 3.05) is 33.8 Å². The lowest BCUT2D eigenvalue weighted by molar-refractivity contribution is -0.128. The minimum atomic E-state index is -0.376. The standard InChI is InChI=1S/C19H32N4O2.HI/c1-7-20-18(22-13-12-21-17(24)19(2,3)4)23(5)14-15-8-10-16(25-6)11-9-15;/h8-11H,7,12-14H2,1-6H3,(H,20,22)(H,21,24);1H. The summed E-state index contributed by atoms with van der Waals surface area (Å²) in [4.78, 5) is 18.5. The number of hydrogen-bond donors (Lipinski definition) is 2. The number of rotatable bonds is 7. The minimum absolute atomic E-state index is 0. The number of carbonyl (C=O) groups excluding carboxylic acids is 1. The molecule has 26 heavy (non-hydrogen) atoms. The molecular formula is C19H33IN4O2. The van der Waals surface area contributed by atoms with Crippen LogP contribution in [0.1, 0.15) is 33.3 Å². The van der Waals surface area contributed by atoms with Gasteiger partial charge in [-0.1, -0.05) is 32.9 Å². The van der Waals surface area contributed by atoms with Gasteiger partial charge in [-0.2, -0.15) is 0 Å². The van der Waals surface area contributed by atoms with Crippen LogP contribution >= 0.6 is 24.0 Å². The minimum Gasteiger partial charge on any atom is -0.497 e. The smallest absolute Gasteiger partial charge is 0.225 e. The maximum atomic E-state index is 11.9. The fourth-order valence-electron chi connectivity index (χ4n) is 2.15. The van der Waals surface area contributed by atoms with Crippen LogP contribution in [0.4, 0.5) is 0 Å². The number of benzene rings is 1. The lowest BCUT2D eigenvalue weighted by Gasteiger charge is -2.22. The molecule has 148 valence electrons. The number of methoxy groups -OCH3 is 1. The highest BCUT2D eigenvalue weighted by Gasteiger charge is 2.20. The number of hydrogen-bond acceptors (Lipinski definition) is 3. The van der Waals surface area contributed by atoms with E-state index in [2.05, 4.69) is 20.5 Å². The second-order valence-corrected chi connectivity index (χ2v) is 6.95. The third kappa shape index (κ3) is 8.73. The van der Waals surface area contributed by atoms with E-state index in [1.807, 2.05) is 59.0 Å². The summed E-state index contributed by atoms with van der Waals surface area (Å²) in [5.74, 6) is 1.71. The largest absolute Gasteiger partial charge is 0.497 e. The van der Waals surface area contributed by atoms with Gasteiger partial charge in [0.25, 0.3) is 0 Å². The molecule has 6 nitrogen and oxygen atoms in total. The van der Waals surface area contributed by atoms with E-state index >= 15 is 0 Å². The van der Waals surface area contributed by atoms with Crippen LogP contribution in [-0.2, 0) is 11.3 Å². The van der Waals surface area contributed by atoms with Gasteiger partial charge >= 0.3 is 0 Å². The van der Waals surface area contributed by atoms with Crippen LogP contribution in [0.3, 0.4) is 0 Å². The van der Waals surface area contributed by atoms with Crippen LogP contribution in [0, 0.1) is 5.41 Å². The number of amides is 1. The highest BCUT2D eigenvalue weighted by Crippen LogP contribution is 2.13. The van der Waals surface area contributed by atoms with E-state index in [9.17, 15) is 4.79 Å². The Balaban J connectivity index is 0.00000625. The molecule has 0 bridgehead atoms. The van der Waals surface area contributed by atoms with Gasteiger partial charge < -0.3 is 20.3 Å². The van der Waals surface area contributed by atoms with Crippen molar-refractivity contribution in [3.05, 3.63) is 29.8 Å². The van der Waals surface area contributed by atoms with Gasteiger partial charge in [0, 0.05) is 32.1 Å². The molecule has 1 aromatic rings. The summed E-state index contributed by atoms with van der Waals surface area (Å²) in [5.41, 5.74) is 0.800. The van der Waals surface area contributed by atoms with E-state index in [4.69, 9.17) is 4.74 Å². The Morgan fingerprint density at radius 3 is 2.31 bits per heavy atom. The highest BCUT2D eigenvalue weighted by atomic mass is 127. The molecule has 1 rings (SSSR count). The van der Waals surface area contributed by atoms with Crippen molar-refractivity contribution in [1.82, 2.24) is 15.5 Å². The maximum absolute atomic E-state index is 11.9. The zero-order chi connectivity index (χ0) is 18.9. The molecule has 2 N–H and O–H groups in total. The first-order valence-corrected chi connectivity index (χ1v) is 8.68. The van der Waals surface area contributed by atoms with E-state index in [-0.39, 0.29) is 35.3 Å². The van der Waals surface area contributed by atoms with Crippen LogP contribution < -0.4 is 15.4 Å². The highest BCUT2D eigenvalue weighted by molar-refractivity contribution is 14.0. The van der Waals surface area contributed by atoms with Gasteiger partial charge in [-0.15, -0.1) is 24.0 Å². The van der Waals surface area contributed by atoms with E-state index < -0.39 is 0 Å². The molecule has 0 radical (unpaired) electrons. The second kappa shape index (κ2) is 12.0. The third-order valence-electron chi connectivity index (χ3n) is 3.62. The Kier molecular flexibility index (Phi) is 11.3. The third-order valence-corrected chi connectivity index (χ3v) is 3.62. The molecule has 0 atom stereocenters. The first-order valence-electron chi connectivity index (χ1n) is 8.68. The SMILES string of the molecule is CCNC(=NCCNC(=O)C(C)(C)C)N(C)Cc1ccc(OC)cc1.I. The summed E-state index contributed by atoms with van der Waals surface area (Å²) >= 11 is 0. The fraction of sp³-hybridized carbons (Fsp3) is 0.579. The molecular weight excluding hydrogens is 443 g/mol. The van der Waals surface area contributed by atoms with E-state index in [0.717, 1.165) is 24.8 Å². The van der Waals surface area contributed by atoms with Crippen molar-refractivity contribution in [2.24, 2.45) is 10.4 Å². The van der Waals surface area contributed by atoms with Gasteiger partial charge in [0.1, 0.15) is 5.75 Å². The average Bonchev–Trinajstić information content (AvgIpc) is 2.57. The molecule has 0 fully saturated rings. The van der Waals surface area contributed by atoms with Gasteiger partial charge in [-0.05, 0) is 24.6 Å². The summed E-state index contributed by atoms with van der Waals surface area (Å²) in [5, 5.41) is 6.20. The van der Waals surface area contributed by atoms with Gasteiger partial charge in [0.15, 0.2) is 5.96 Å². The number of halogens is 1. The summed E-state index contributed by atoms with van der Waals surface area (Å²) in [7, 11) is 3.66. The molecule has 0 aromatic heterocycles. The van der Waals surface area contributed by atoms with Crippen molar-refractivity contribution in [1.29, 1.82) is 0 Å². The van der Waals surface area contributed by atoms with Gasteiger partial charge in [0.05, 0.1) is 13.7 Å². The zero-order valence-corrected chi connectivity index (χ0v) is 19.1.